The van der Waals surface area contributed by atoms with Gasteiger partial charge in [0, 0.05) is 6.07 Å². The molecule has 6 nitrogen and oxygen atoms in total. The summed E-state index contributed by atoms with van der Waals surface area (Å²) < 4.78 is 0. The molecule has 1 aromatic rings. The van der Waals surface area contributed by atoms with E-state index >= 15 is 0 Å². The topological polar surface area (TPSA) is 106 Å². The molecule has 1 aromatic carbocycles. The quantitative estimate of drug-likeness (QED) is 0.509. The Bertz CT molecular complexity index is 375. The summed E-state index contributed by atoms with van der Waals surface area (Å²) in [6.45, 7) is 0. The summed E-state index contributed by atoms with van der Waals surface area (Å²) in [5.41, 5.74) is 4.45. The van der Waals surface area contributed by atoms with Crippen LogP contribution in [-0.4, -0.2) is 15.9 Å². The minimum atomic E-state index is -0.826. The van der Waals surface area contributed by atoms with Crippen molar-refractivity contribution in [2.24, 2.45) is 5.73 Å². The van der Waals surface area contributed by atoms with Crippen molar-refractivity contribution >= 4 is 11.6 Å². The summed E-state index contributed by atoms with van der Waals surface area (Å²) >= 11 is 0. The second-order valence-corrected chi connectivity index (χ2v) is 2.32. The number of carbonyl (C=O) groups is 1. The van der Waals surface area contributed by atoms with E-state index < -0.39 is 16.6 Å². The van der Waals surface area contributed by atoms with Crippen LogP contribution in [0.5, 0.6) is 5.75 Å². The van der Waals surface area contributed by atoms with Gasteiger partial charge in [-0.25, -0.2) is 0 Å². The summed E-state index contributed by atoms with van der Waals surface area (Å²) in [6.07, 6.45) is 0. The van der Waals surface area contributed by atoms with Gasteiger partial charge in [-0.05, 0) is 6.07 Å². The molecule has 1 rings (SSSR count). The lowest BCUT2D eigenvalue weighted by Crippen LogP contribution is -2.10. The van der Waals surface area contributed by atoms with Gasteiger partial charge in [-0.15, -0.1) is 0 Å². The van der Waals surface area contributed by atoms with Crippen molar-refractivity contribution in [2.45, 2.75) is 0 Å². The fourth-order valence-corrected chi connectivity index (χ4v) is 0.842. The van der Waals surface area contributed by atoms with Crippen LogP contribution in [0.25, 0.3) is 0 Å². The number of aromatic hydroxyl groups is 1. The first-order valence-corrected chi connectivity index (χ1v) is 3.29. The molecule has 0 saturated carbocycles. The predicted molar refractivity (Wildman–Crippen MR) is 43.3 cm³/mol. The molecule has 0 radical (unpaired) electrons. The van der Waals surface area contributed by atoms with Gasteiger partial charge in [0.15, 0.2) is 0 Å². The fraction of sp³-hybridized carbons (Fsp3) is 0. The number of hydrogen-bond acceptors (Lipinski definition) is 4. The van der Waals surface area contributed by atoms with Crippen LogP contribution in [0.2, 0.25) is 0 Å². The molecule has 0 heterocycles. The zero-order valence-electron chi connectivity index (χ0n) is 6.43. The van der Waals surface area contributed by atoms with Crippen molar-refractivity contribution in [3.05, 3.63) is 33.9 Å². The molecule has 0 fully saturated rings. The Labute approximate surface area is 72.7 Å². The van der Waals surface area contributed by atoms with Crippen molar-refractivity contribution in [3.8, 4) is 5.75 Å². The molecule has 0 aliphatic carbocycles. The molecule has 3 N–H and O–H groups in total. The normalized spacial score (nSPS) is 9.54. The lowest BCUT2D eigenvalue weighted by atomic mass is 10.2. The van der Waals surface area contributed by atoms with E-state index in [0.29, 0.717) is 0 Å². The number of nitrogens with two attached hydrogens (primary N) is 1. The van der Waals surface area contributed by atoms with E-state index in [1.54, 1.807) is 0 Å². The van der Waals surface area contributed by atoms with Gasteiger partial charge in [0.1, 0.15) is 5.75 Å². The number of benzene rings is 1. The minimum absolute atomic E-state index is 0.134. The van der Waals surface area contributed by atoms with Gasteiger partial charge in [0.25, 0.3) is 11.6 Å². The van der Waals surface area contributed by atoms with E-state index in [1.807, 2.05) is 0 Å². The molecule has 0 aliphatic rings. The average Bonchev–Trinajstić information content (AvgIpc) is 2.03. The fourth-order valence-electron chi connectivity index (χ4n) is 0.842. The first-order valence-electron chi connectivity index (χ1n) is 3.29. The highest BCUT2D eigenvalue weighted by atomic mass is 16.6. The Morgan fingerprint density at radius 2 is 2.15 bits per heavy atom. The van der Waals surface area contributed by atoms with Crippen molar-refractivity contribution in [3.63, 3.8) is 0 Å². The molecule has 13 heavy (non-hydrogen) atoms. The summed E-state index contributed by atoms with van der Waals surface area (Å²) in [6, 6.07) is 3.08. The first kappa shape index (κ1) is 8.98. The Balaban J connectivity index is 3.20. The molecule has 0 aromatic heterocycles. The molecule has 0 unspecified atom stereocenters. The zero-order chi connectivity index (χ0) is 10.0. The van der Waals surface area contributed by atoms with Crippen molar-refractivity contribution < 1.29 is 14.8 Å². The van der Waals surface area contributed by atoms with Crippen molar-refractivity contribution in [1.29, 1.82) is 0 Å². The van der Waals surface area contributed by atoms with Crippen LogP contribution in [0.4, 0.5) is 5.69 Å². The molecule has 0 saturated heterocycles. The van der Waals surface area contributed by atoms with E-state index in [4.69, 9.17) is 10.8 Å². The molecular weight excluding hydrogens is 176 g/mol. The molecule has 68 valence electrons. The number of rotatable bonds is 2. The summed E-state index contributed by atoms with van der Waals surface area (Å²) in [7, 11) is 0. The summed E-state index contributed by atoms with van der Waals surface area (Å²) in [5.74, 6) is -1.31. The number of primary amides is 1. The molecule has 1 amide bonds. The molecule has 6 heteroatoms. The maximum Gasteiger partial charge on any atom is 0.273 e. The largest absolute Gasteiger partial charge is 0.507 e. The second kappa shape index (κ2) is 3.10. The average molecular weight is 182 g/mol. The van der Waals surface area contributed by atoms with E-state index in [0.717, 1.165) is 18.2 Å². The number of amides is 1. The van der Waals surface area contributed by atoms with Crippen LogP contribution < -0.4 is 5.73 Å². The second-order valence-electron chi connectivity index (χ2n) is 2.32. The number of non-ortho nitro benzene ring substituents is 1. The van der Waals surface area contributed by atoms with E-state index in [2.05, 4.69) is 0 Å². The lowest BCUT2D eigenvalue weighted by molar-refractivity contribution is -0.384. The van der Waals surface area contributed by atoms with Gasteiger partial charge >= 0.3 is 0 Å². The summed E-state index contributed by atoms with van der Waals surface area (Å²) in [4.78, 5) is 20.1. The van der Waals surface area contributed by atoms with Crippen LogP contribution in [0, 0.1) is 10.1 Å². The van der Waals surface area contributed by atoms with Crippen LogP contribution in [0.3, 0.4) is 0 Å². The lowest BCUT2D eigenvalue weighted by Gasteiger charge is -1.98. The number of phenols is 1. The minimum Gasteiger partial charge on any atom is -0.507 e. The van der Waals surface area contributed by atoms with E-state index in [1.165, 1.54) is 0 Å². The third kappa shape index (κ3) is 1.73. The van der Waals surface area contributed by atoms with Crippen LogP contribution in [0.1, 0.15) is 10.4 Å². The number of nitro groups is 1. The molecular formula is C7H6N2O4. The Morgan fingerprint density at radius 1 is 1.54 bits per heavy atom. The molecule has 0 bridgehead atoms. The maximum atomic E-state index is 10.6. The Hall–Kier alpha value is -2.11. The van der Waals surface area contributed by atoms with Crippen LogP contribution >= 0.6 is 0 Å². The highest BCUT2D eigenvalue weighted by Gasteiger charge is 2.12. The Morgan fingerprint density at radius 3 is 2.54 bits per heavy atom. The van der Waals surface area contributed by atoms with Gasteiger partial charge < -0.3 is 10.8 Å². The maximum absolute atomic E-state index is 10.6. The highest BCUT2D eigenvalue weighted by molar-refractivity contribution is 5.95. The van der Waals surface area contributed by atoms with Gasteiger partial charge in [0.05, 0.1) is 16.6 Å². The van der Waals surface area contributed by atoms with E-state index in [-0.39, 0.29) is 11.3 Å². The smallest absolute Gasteiger partial charge is 0.273 e. The number of hydrogen-bond donors (Lipinski definition) is 2. The standard InChI is InChI=1S/C7H6N2O4/c8-7(11)5-2-1-4(9(12)13)3-6(5)10/h1-3,10H,(H2,8,11). The van der Waals surface area contributed by atoms with Crippen LogP contribution in [0.15, 0.2) is 18.2 Å². The molecule has 0 spiro atoms. The molecule has 0 aliphatic heterocycles. The summed E-state index contributed by atoms with van der Waals surface area (Å²) in [5, 5.41) is 19.3. The van der Waals surface area contributed by atoms with E-state index in [9.17, 15) is 14.9 Å². The van der Waals surface area contributed by atoms with Crippen molar-refractivity contribution in [2.75, 3.05) is 0 Å². The zero-order valence-corrected chi connectivity index (χ0v) is 6.43. The van der Waals surface area contributed by atoms with Gasteiger partial charge in [0.2, 0.25) is 0 Å². The van der Waals surface area contributed by atoms with Gasteiger partial charge in [-0.2, -0.15) is 0 Å². The number of nitro benzene ring substituents is 1. The number of nitrogens with zero attached hydrogens (tertiary/aromatic N) is 1. The highest BCUT2D eigenvalue weighted by Crippen LogP contribution is 2.22. The Kier molecular flexibility index (Phi) is 2.14. The van der Waals surface area contributed by atoms with Gasteiger partial charge in [-0.1, -0.05) is 0 Å². The monoisotopic (exact) mass is 182 g/mol. The van der Waals surface area contributed by atoms with Crippen LogP contribution in [-0.2, 0) is 0 Å². The third-order valence-corrected chi connectivity index (χ3v) is 1.46. The SMILES string of the molecule is NC(=O)c1ccc([N+](=O)[O-])cc1O. The number of carbonyl (C=O) groups excluding carboxylic acids is 1. The third-order valence-electron chi connectivity index (χ3n) is 1.46. The predicted octanol–water partition coefficient (Wildman–Crippen LogP) is 0.399. The van der Waals surface area contributed by atoms with Crippen molar-refractivity contribution in [1.82, 2.24) is 0 Å². The first-order chi connectivity index (χ1) is 6.02. The van der Waals surface area contributed by atoms with Gasteiger partial charge in [-0.3, -0.25) is 14.9 Å². The molecule has 0 atom stereocenters.